The van der Waals surface area contributed by atoms with E-state index in [1.807, 2.05) is 72.8 Å². The molecule has 1 nitrogen and oxygen atoms in total. The van der Waals surface area contributed by atoms with Crippen molar-refractivity contribution in [3.05, 3.63) is 105 Å². The molecular formula is C20H12Cl3NS. The fourth-order valence-corrected chi connectivity index (χ4v) is 4.08. The molecule has 0 aliphatic heterocycles. The van der Waals surface area contributed by atoms with Crippen LogP contribution in [-0.2, 0) is 4.75 Å². The average molecular weight is 405 g/mol. The Morgan fingerprint density at radius 3 is 1.12 bits per heavy atom. The van der Waals surface area contributed by atoms with Crippen LogP contribution >= 0.6 is 46.6 Å². The van der Waals surface area contributed by atoms with E-state index < -0.39 is 4.75 Å². The summed E-state index contributed by atoms with van der Waals surface area (Å²) in [6, 6.07) is 22.6. The van der Waals surface area contributed by atoms with Crippen molar-refractivity contribution in [2.24, 2.45) is 0 Å². The van der Waals surface area contributed by atoms with E-state index in [0.29, 0.717) is 15.1 Å². The van der Waals surface area contributed by atoms with E-state index in [9.17, 15) is 5.26 Å². The Hall–Kier alpha value is -1.63. The minimum Gasteiger partial charge on any atom is -0.185 e. The summed E-state index contributed by atoms with van der Waals surface area (Å²) in [6.45, 7) is 0. The van der Waals surface area contributed by atoms with Crippen LogP contribution in [0.3, 0.4) is 0 Å². The number of nitrogens with zero attached hydrogens (tertiary/aromatic N) is 1. The molecule has 25 heavy (non-hydrogen) atoms. The number of thioether (sulfide) groups is 1. The maximum Gasteiger partial charge on any atom is 0.134 e. The van der Waals surface area contributed by atoms with Gasteiger partial charge in [0.1, 0.15) is 10.1 Å². The van der Waals surface area contributed by atoms with Crippen molar-refractivity contribution < 1.29 is 0 Å². The molecule has 0 bridgehead atoms. The van der Waals surface area contributed by atoms with Gasteiger partial charge in [0.2, 0.25) is 0 Å². The zero-order valence-electron chi connectivity index (χ0n) is 12.9. The van der Waals surface area contributed by atoms with Crippen LogP contribution in [0.25, 0.3) is 0 Å². The van der Waals surface area contributed by atoms with E-state index in [0.717, 1.165) is 16.7 Å². The van der Waals surface area contributed by atoms with Crippen LogP contribution in [0.5, 0.6) is 0 Å². The third-order valence-corrected chi connectivity index (χ3v) is 5.81. The first-order valence-corrected chi connectivity index (χ1v) is 9.36. The third-order valence-electron chi connectivity index (χ3n) is 3.95. The van der Waals surface area contributed by atoms with Crippen LogP contribution < -0.4 is 0 Å². The predicted molar refractivity (Wildman–Crippen MR) is 107 cm³/mol. The Morgan fingerprint density at radius 1 is 0.600 bits per heavy atom. The molecule has 0 aliphatic rings. The van der Waals surface area contributed by atoms with Crippen molar-refractivity contribution in [3.8, 4) is 5.40 Å². The molecule has 3 rings (SSSR count). The van der Waals surface area contributed by atoms with E-state index in [1.54, 1.807) is 0 Å². The van der Waals surface area contributed by atoms with Crippen LogP contribution in [-0.4, -0.2) is 0 Å². The van der Waals surface area contributed by atoms with Crippen LogP contribution in [0.1, 0.15) is 16.7 Å². The molecule has 3 aromatic carbocycles. The number of hydrogen-bond donors (Lipinski definition) is 0. The maximum absolute atomic E-state index is 9.58. The number of rotatable bonds is 4. The predicted octanol–water partition coefficient (Wildman–Crippen LogP) is 7.15. The van der Waals surface area contributed by atoms with E-state index in [-0.39, 0.29) is 0 Å². The zero-order chi connectivity index (χ0) is 17.9. The van der Waals surface area contributed by atoms with Gasteiger partial charge >= 0.3 is 0 Å². The molecule has 0 N–H and O–H groups in total. The molecule has 3 aromatic rings. The van der Waals surface area contributed by atoms with Crippen molar-refractivity contribution >= 4 is 46.6 Å². The number of hydrogen-bond acceptors (Lipinski definition) is 2. The molecule has 0 heterocycles. The number of halogens is 3. The quantitative estimate of drug-likeness (QED) is 0.340. The highest BCUT2D eigenvalue weighted by atomic mass is 35.5. The summed E-state index contributed by atoms with van der Waals surface area (Å²) < 4.78 is -0.714. The SMILES string of the molecule is N#CSC(c1ccc(Cl)cc1)(c1ccc(Cl)cc1)c1ccc(Cl)cc1. The van der Waals surface area contributed by atoms with Gasteiger partial charge in [-0.3, -0.25) is 0 Å². The van der Waals surface area contributed by atoms with Gasteiger partial charge in [-0.15, -0.1) is 0 Å². The monoisotopic (exact) mass is 403 g/mol. The Balaban J connectivity index is 2.31. The van der Waals surface area contributed by atoms with Gasteiger partial charge in [-0.2, -0.15) is 5.26 Å². The van der Waals surface area contributed by atoms with Crippen LogP contribution in [0.15, 0.2) is 72.8 Å². The normalized spacial score (nSPS) is 11.1. The molecule has 0 saturated carbocycles. The first kappa shape index (κ1) is 18.2. The molecule has 0 radical (unpaired) electrons. The van der Waals surface area contributed by atoms with Crippen molar-refractivity contribution in [1.82, 2.24) is 0 Å². The first-order chi connectivity index (χ1) is 12.1. The van der Waals surface area contributed by atoms with Crippen molar-refractivity contribution in [2.45, 2.75) is 4.75 Å². The minimum atomic E-state index is -0.714. The van der Waals surface area contributed by atoms with Gasteiger partial charge in [0.15, 0.2) is 0 Å². The van der Waals surface area contributed by atoms with Crippen molar-refractivity contribution in [1.29, 1.82) is 5.26 Å². The Labute approximate surface area is 166 Å². The second kappa shape index (κ2) is 7.72. The standard InChI is InChI=1S/C20H12Cl3NS/c21-17-7-1-14(2-8-17)20(25-13-24,15-3-9-18(22)10-4-15)16-5-11-19(23)12-6-16/h1-12H. The van der Waals surface area contributed by atoms with Crippen LogP contribution in [0.2, 0.25) is 15.1 Å². The first-order valence-electron chi connectivity index (χ1n) is 7.41. The van der Waals surface area contributed by atoms with Gasteiger partial charge in [0, 0.05) is 15.1 Å². The third kappa shape index (κ3) is 3.66. The van der Waals surface area contributed by atoms with Gasteiger partial charge < -0.3 is 0 Å². The molecule has 0 spiro atoms. The van der Waals surface area contributed by atoms with Gasteiger partial charge in [-0.05, 0) is 64.9 Å². The second-order valence-electron chi connectivity index (χ2n) is 5.40. The number of thiocyanates is 1. The fourth-order valence-electron chi connectivity index (χ4n) is 2.80. The summed E-state index contributed by atoms with van der Waals surface area (Å²) in [5.41, 5.74) is 2.86. The van der Waals surface area contributed by atoms with Gasteiger partial charge in [0.05, 0.1) is 0 Å². The molecule has 0 saturated heterocycles. The van der Waals surface area contributed by atoms with Crippen molar-refractivity contribution in [2.75, 3.05) is 0 Å². The van der Waals surface area contributed by atoms with Gasteiger partial charge in [0.25, 0.3) is 0 Å². The lowest BCUT2D eigenvalue weighted by Gasteiger charge is -2.32. The molecular weight excluding hydrogens is 393 g/mol. The van der Waals surface area contributed by atoms with Gasteiger partial charge in [-0.25, -0.2) is 0 Å². The number of nitriles is 1. The summed E-state index contributed by atoms with van der Waals surface area (Å²) >= 11 is 19.4. The molecule has 0 aromatic heterocycles. The minimum absolute atomic E-state index is 0.645. The summed E-state index contributed by atoms with van der Waals surface area (Å²) in [6.07, 6.45) is 0. The van der Waals surface area contributed by atoms with E-state index >= 15 is 0 Å². The summed E-state index contributed by atoms with van der Waals surface area (Å²) in [4.78, 5) is 0. The fraction of sp³-hybridized carbons (Fsp3) is 0.0500. The highest BCUT2D eigenvalue weighted by molar-refractivity contribution is 8.05. The molecule has 124 valence electrons. The molecule has 0 unspecified atom stereocenters. The number of benzene rings is 3. The van der Waals surface area contributed by atoms with Crippen LogP contribution in [0, 0.1) is 10.7 Å². The molecule has 0 amide bonds. The highest BCUT2D eigenvalue weighted by Crippen LogP contribution is 2.48. The van der Waals surface area contributed by atoms with Gasteiger partial charge in [-0.1, -0.05) is 71.2 Å². The van der Waals surface area contributed by atoms with Crippen molar-refractivity contribution in [3.63, 3.8) is 0 Å². The molecule has 0 atom stereocenters. The van der Waals surface area contributed by atoms with E-state index in [1.165, 1.54) is 11.8 Å². The Morgan fingerprint density at radius 2 is 0.880 bits per heavy atom. The summed E-state index contributed by atoms with van der Waals surface area (Å²) in [7, 11) is 0. The van der Waals surface area contributed by atoms with Crippen LogP contribution in [0.4, 0.5) is 0 Å². The van der Waals surface area contributed by atoms with E-state index in [4.69, 9.17) is 34.8 Å². The topological polar surface area (TPSA) is 23.8 Å². The lowest BCUT2D eigenvalue weighted by molar-refractivity contribution is 0.900. The Bertz CT molecular complexity index is 787. The average Bonchev–Trinajstić information content (AvgIpc) is 2.62. The molecule has 0 aliphatic carbocycles. The largest absolute Gasteiger partial charge is 0.185 e. The Kier molecular flexibility index (Phi) is 5.61. The molecule has 5 heteroatoms. The molecule has 0 fully saturated rings. The highest BCUT2D eigenvalue weighted by Gasteiger charge is 2.37. The summed E-state index contributed by atoms with van der Waals surface area (Å²) in [5, 5.41) is 13.8. The smallest absolute Gasteiger partial charge is 0.134 e. The zero-order valence-corrected chi connectivity index (χ0v) is 16.0. The lowest BCUT2D eigenvalue weighted by atomic mass is 9.84. The second-order valence-corrected chi connectivity index (χ2v) is 7.70. The van der Waals surface area contributed by atoms with E-state index in [2.05, 4.69) is 5.40 Å². The maximum atomic E-state index is 9.58. The lowest BCUT2D eigenvalue weighted by Crippen LogP contribution is -2.25. The summed E-state index contributed by atoms with van der Waals surface area (Å²) in [5.74, 6) is 0.